The molecular formula is C13H12N4. The maximum atomic E-state index is 8.94. The zero-order valence-electron chi connectivity index (χ0n) is 9.37. The number of nitrogens with zero attached hydrogens (tertiary/aromatic N) is 4. The van der Waals surface area contributed by atoms with Crippen LogP contribution in [0.1, 0.15) is 12.1 Å². The van der Waals surface area contributed by atoms with Crippen molar-refractivity contribution in [3.63, 3.8) is 0 Å². The highest BCUT2D eigenvalue weighted by Crippen LogP contribution is 2.24. The van der Waals surface area contributed by atoms with Crippen LogP contribution in [0.5, 0.6) is 0 Å². The monoisotopic (exact) mass is 224 g/mol. The Balaban J connectivity index is 1.96. The summed E-state index contributed by atoms with van der Waals surface area (Å²) in [5, 5.41) is 13.5. The van der Waals surface area contributed by atoms with Crippen LogP contribution in [0.3, 0.4) is 0 Å². The average molecular weight is 224 g/mol. The predicted molar refractivity (Wildman–Crippen MR) is 62.9 cm³/mol. The molecule has 0 amide bonds. The van der Waals surface area contributed by atoms with Crippen molar-refractivity contribution in [2.75, 3.05) is 0 Å². The SMILES string of the molecule is N#CC1CCc2cc(-c3ccncc3)nn2C1. The van der Waals surface area contributed by atoms with Crippen molar-refractivity contribution in [1.82, 2.24) is 14.8 Å². The molecule has 0 aromatic carbocycles. The number of aromatic nitrogens is 3. The Kier molecular flexibility index (Phi) is 2.37. The van der Waals surface area contributed by atoms with Gasteiger partial charge in [0.2, 0.25) is 0 Å². The third kappa shape index (κ3) is 1.80. The Morgan fingerprint density at radius 1 is 1.35 bits per heavy atom. The molecule has 0 saturated heterocycles. The summed E-state index contributed by atoms with van der Waals surface area (Å²) in [6, 6.07) is 8.35. The maximum absolute atomic E-state index is 8.94. The van der Waals surface area contributed by atoms with Crippen molar-refractivity contribution < 1.29 is 0 Å². The van der Waals surface area contributed by atoms with E-state index in [9.17, 15) is 0 Å². The van der Waals surface area contributed by atoms with Gasteiger partial charge in [0.25, 0.3) is 0 Å². The molecule has 84 valence electrons. The van der Waals surface area contributed by atoms with Crippen molar-refractivity contribution in [2.24, 2.45) is 5.92 Å². The molecular weight excluding hydrogens is 212 g/mol. The van der Waals surface area contributed by atoms with E-state index in [0.717, 1.165) is 30.6 Å². The average Bonchev–Trinajstić information content (AvgIpc) is 2.82. The maximum Gasteiger partial charge on any atom is 0.0927 e. The van der Waals surface area contributed by atoms with Crippen LogP contribution in [0.4, 0.5) is 0 Å². The Morgan fingerprint density at radius 2 is 2.18 bits per heavy atom. The summed E-state index contributed by atoms with van der Waals surface area (Å²) in [6.07, 6.45) is 5.42. The lowest BCUT2D eigenvalue weighted by atomic mass is 10.00. The molecule has 3 rings (SSSR count). The van der Waals surface area contributed by atoms with E-state index in [1.807, 2.05) is 16.8 Å². The van der Waals surface area contributed by atoms with Gasteiger partial charge in [-0.25, -0.2) is 0 Å². The zero-order chi connectivity index (χ0) is 11.7. The molecule has 17 heavy (non-hydrogen) atoms. The number of hydrogen-bond donors (Lipinski definition) is 0. The number of hydrogen-bond acceptors (Lipinski definition) is 3. The van der Waals surface area contributed by atoms with Crippen LogP contribution in [0.25, 0.3) is 11.3 Å². The Morgan fingerprint density at radius 3 is 2.94 bits per heavy atom. The third-order valence-corrected chi connectivity index (χ3v) is 3.16. The molecule has 2 aromatic heterocycles. The fraction of sp³-hybridized carbons (Fsp3) is 0.308. The van der Waals surface area contributed by atoms with E-state index in [2.05, 4.69) is 22.2 Å². The molecule has 3 heterocycles. The smallest absolute Gasteiger partial charge is 0.0927 e. The highest BCUT2D eigenvalue weighted by molar-refractivity contribution is 5.58. The highest BCUT2D eigenvalue weighted by atomic mass is 15.3. The molecule has 2 aromatic rings. The van der Waals surface area contributed by atoms with Crippen LogP contribution >= 0.6 is 0 Å². The summed E-state index contributed by atoms with van der Waals surface area (Å²) in [5.74, 6) is 0.104. The molecule has 0 bridgehead atoms. The quantitative estimate of drug-likeness (QED) is 0.744. The van der Waals surface area contributed by atoms with E-state index in [1.54, 1.807) is 12.4 Å². The van der Waals surface area contributed by atoms with E-state index in [0.29, 0.717) is 0 Å². The Hall–Kier alpha value is -2.15. The van der Waals surface area contributed by atoms with E-state index < -0.39 is 0 Å². The molecule has 0 N–H and O–H groups in total. The predicted octanol–water partition coefficient (Wildman–Crippen LogP) is 2.03. The standard InChI is InChI=1S/C13H12N4/c14-8-10-1-2-12-7-13(16-17(12)9-10)11-3-5-15-6-4-11/h3-7,10H,1-2,9H2. The summed E-state index contributed by atoms with van der Waals surface area (Å²) in [6.45, 7) is 0.719. The van der Waals surface area contributed by atoms with Crippen molar-refractivity contribution in [2.45, 2.75) is 19.4 Å². The number of aryl methyl sites for hydroxylation is 1. The lowest BCUT2D eigenvalue weighted by Crippen LogP contribution is -2.19. The van der Waals surface area contributed by atoms with Crippen LogP contribution < -0.4 is 0 Å². The van der Waals surface area contributed by atoms with Gasteiger partial charge >= 0.3 is 0 Å². The molecule has 4 heteroatoms. The molecule has 0 radical (unpaired) electrons. The molecule has 1 atom stereocenters. The summed E-state index contributed by atoms with van der Waals surface area (Å²) in [4.78, 5) is 4.00. The van der Waals surface area contributed by atoms with Crippen LogP contribution in [0.15, 0.2) is 30.6 Å². The minimum Gasteiger partial charge on any atom is -0.268 e. The molecule has 1 unspecified atom stereocenters. The second-order valence-corrected chi connectivity index (χ2v) is 4.30. The lowest BCUT2D eigenvalue weighted by molar-refractivity contribution is 0.413. The van der Waals surface area contributed by atoms with Crippen LogP contribution in [0, 0.1) is 17.2 Å². The van der Waals surface area contributed by atoms with Gasteiger partial charge in [-0.05, 0) is 31.0 Å². The van der Waals surface area contributed by atoms with Crippen molar-refractivity contribution in [3.05, 3.63) is 36.3 Å². The van der Waals surface area contributed by atoms with Gasteiger partial charge in [0, 0.05) is 23.7 Å². The van der Waals surface area contributed by atoms with E-state index >= 15 is 0 Å². The summed E-state index contributed by atoms with van der Waals surface area (Å²) < 4.78 is 1.97. The topological polar surface area (TPSA) is 54.5 Å². The Labute approximate surface area is 99.5 Å². The second-order valence-electron chi connectivity index (χ2n) is 4.30. The largest absolute Gasteiger partial charge is 0.268 e. The van der Waals surface area contributed by atoms with Gasteiger partial charge < -0.3 is 0 Å². The first-order valence-electron chi connectivity index (χ1n) is 5.73. The normalized spacial score (nSPS) is 18.4. The van der Waals surface area contributed by atoms with Gasteiger partial charge in [0.1, 0.15) is 0 Å². The number of fused-ring (bicyclic) bond motifs is 1. The molecule has 0 fully saturated rings. The highest BCUT2D eigenvalue weighted by Gasteiger charge is 2.20. The molecule has 0 spiro atoms. The van der Waals surface area contributed by atoms with Gasteiger partial charge in [-0.3, -0.25) is 9.67 Å². The van der Waals surface area contributed by atoms with Crippen molar-refractivity contribution in [3.8, 4) is 17.3 Å². The molecule has 4 nitrogen and oxygen atoms in total. The molecule has 0 aliphatic carbocycles. The molecule has 0 saturated carbocycles. The second kappa shape index (κ2) is 4.02. The molecule has 1 aliphatic rings. The number of nitriles is 1. The first-order valence-corrected chi connectivity index (χ1v) is 5.73. The van der Waals surface area contributed by atoms with E-state index in [4.69, 9.17) is 5.26 Å². The first kappa shape index (κ1) is 10.0. The van der Waals surface area contributed by atoms with Gasteiger partial charge in [0.05, 0.1) is 24.2 Å². The first-order chi connectivity index (χ1) is 8.36. The summed E-state index contributed by atoms with van der Waals surface area (Å²) >= 11 is 0. The fourth-order valence-corrected chi connectivity index (χ4v) is 2.21. The van der Waals surface area contributed by atoms with Gasteiger partial charge in [-0.2, -0.15) is 10.4 Å². The van der Waals surface area contributed by atoms with Crippen molar-refractivity contribution >= 4 is 0 Å². The van der Waals surface area contributed by atoms with E-state index in [1.165, 1.54) is 5.69 Å². The molecule has 1 aliphatic heterocycles. The summed E-state index contributed by atoms with van der Waals surface area (Å²) in [7, 11) is 0. The van der Waals surface area contributed by atoms with E-state index in [-0.39, 0.29) is 5.92 Å². The zero-order valence-corrected chi connectivity index (χ0v) is 9.37. The fourth-order valence-electron chi connectivity index (χ4n) is 2.21. The minimum absolute atomic E-state index is 0.104. The van der Waals surface area contributed by atoms with Crippen LogP contribution in [-0.4, -0.2) is 14.8 Å². The van der Waals surface area contributed by atoms with Crippen LogP contribution in [0.2, 0.25) is 0 Å². The van der Waals surface area contributed by atoms with Gasteiger partial charge in [0.15, 0.2) is 0 Å². The number of rotatable bonds is 1. The van der Waals surface area contributed by atoms with Gasteiger partial charge in [-0.1, -0.05) is 0 Å². The van der Waals surface area contributed by atoms with Gasteiger partial charge in [-0.15, -0.1) is 0 Å². The Bertz CT molecular complexity index is 565. The minimum atomic E-state index is 0.104. The summed E-state index contributed by atoms with van der Waals surface area (Å²) in [5.41, 5.74) is 3.28. The lowest BCUT2D eigenvalue weighted by Gasteiger charge is -2.17. The number of pyridine rings is 1. The third-order valence-electron chi connectivity index (χ3n) is 3.16. The van der Waals surface area contributed by atoms with Crippen LogP contribution in [-0.2, 0) is 13.0 Å². The van der Waals surface area contributed by atoms with Crippen molar-refractivity contribution in [1.29, 1.82) is 5.26 Å².